The molecule has 0 spiro atoms. The van der Waals surface area contributed by atoms with Gasteiger partial charge in [-0.15, -0.1) is 11.3 Å². The molecule has 1 unspecified atom stereocenters. The zero-order chi connectivity index (χ0) is 22.1. The monoisotopic (exact) mass is 467 g/mol. The Bertz CT molecular complexity index is 1300. The van der Waals surface area contributed by atoms with Crippen molar-refractivity contribution in [2.75, 3.05) is 18.6 Å². The van der Waals surface area contributed by atoms with E-state index in [1.807, 2.05) is 43.3 Å². The fraction of sp³-hybridized carbons (Fsp3) is 0.263. The van der Waals surface area contributed by atoms with Crippen LogP contribution in [0.5, 0.6) is 0 Å². The van der Waals surface area contributed by atoms with E-state index < -0.39 is 36.8 Å². The van der Waals surface area contributed by atoms with Gasteiger partial charge in [-0.05, 0) is 30.2 Å². The van der Waals surface area contributed by atoms with Gasteiger partial charge in [0.05, 0.1) is 16.0 Å². The second-order valence-electron chi connectivity index (χ2n) is 6.97. The van der Waals surface area contributed by atoms with E-state index in [2.05, 4.69) is 10.3 Å². The second-order valence-corrected chi connectivity index (χ2v) is 11.9. The zero-order valence-corrected chi connectivity index (χ0v) is 18.8. The minimum Gasteiger partial charge on any atom is -0.354 e. The van der Waals surface area contributed by atoms with E-state index in [9.17, 15) is 21.6 Å². The minimum atomic E-state index is -3.84. The number of thiazole rings is 1. The molecule has 3 aromatic rings. The Morgan fingerprint density at radius 2 is 1.73 bits per heavy atom. The van der Waals surface area contributed by atoms with E-state index in [0.717, 1.165) is 39.0 Å². The molecule has 1 amide bonds. The lowest BCUT2D eigenvalue weighted by molar-refractivity contribution is -0.120. The van der Waals surface area contributed by atoms with Crippen LogP contribution in [0.3, 0.4) is 0 Å². The summed E-state index contributed by atoms with van der Waals surface area (Å²) in [6, 6.07) is 13.6. The first-order chi connectivity index (χ1) is 13.9. The molecule has 0 saturated heterocycles. The molecule has 11 heteroatoms. The van der Waals surface area contributed by atoms with Gasteiger partial charge in [0.2, 0.25) is 15.9 Å². The summed E-state index contributed by atoms with van der Waals surface area (Å²) >= 11 is 1.12. The van der Waals surface area contributed by atoms with E-state index >= 15 is 0 Å². The lowest BCUT2D eigenvalue weighted by Gasteiger charge is -2.12. The van der Waals surface area contributed by atoms with Crippen LogP contribution in [0.1, 0.15) is 15.8 Å². The van der Waals surface area contributed by atoms with Crippen molar-refractivity contribution in [1.82, 2.24) is 10.3 Å². The van der Waals surface area contributed by atoms with E-state index in [4.69, 9.17) is 5.14 Å². The summed E-state index contributed by atoms with van der Waals surface area (Å²) in [7, 11) is -7.62. The number of nitrogens with two attached hydrogens (primary N) is 1. The zero-order valence-electron chi connectivity index (χ0n) is 16.3. The number of hydrogen-bond donors (Lipinski definition) is 2. The second kappa shape index (κ2) is 8.42. The van der Waals surface area contributed by atoms with Gasteiger partial charge in [-0.2, -0.15) is 0 Å². The molecule has 160 valence electrons. The Labute approximate surface area is 179 Å². The van der Waals surface area contributed by atoms with Gasteiger partial charge in [0, 0.05) is 12.8 Å². The maximum atomic E-state index is 12.5. The molecule has 1 heterocycles. The number of rotatable bonds is 7. The van der Waals surface area contributed by atoms with Crippen LogP contribution in [-0.2, 0) is 24.7 Å². The molecule has 0 radical (unpaired) electrons. The van der Waals surface area contributed by atoms with Crippen molar-refractivity contribution >= 4 is 47.3 Å². The highest BCUT2D eigenvalue weighted by molar-refractivity contribution is 7.91. The van der Waals surface area contributed by atoms with Gasteiger partial charge >= 0.3 is 0 Å². The standard InChI is InChI=1S/C19H21N3O5S3/c1-12-3-5-13(6-4-12)14-7-8-15-16(11-14)28-19(22-15)17(29(2,24)25)18(23)21-9-10-30(20,26)27/h3-8,11,17H,9-10H2,1-2H3,(H,21,23)(H2,20,26,27). The Balaban J connectivity index is 1.93. The topological polar surface area (TPSA) is 136 Å². The molecule has 30 heavy (non-hydrogen) atoms. The van der Waals surface area contributed by atoms with Crippen LogP contribution in [0.4, 0.5) is 0 Å². The number of benzene rings is 2. The molecule has 0 aliphatic heterocycles. The predicted octanol–water partition coefficient (Wildman–Crippen LogP) is 1.76. The quantitative estimate of drug-likeness (QED) is 0.543. The minimum absolute atomic E-state index is 0.127. The third-order valence-electron chi connectivity index (χ3n) is 4.37. The highest BCUT2D eigenvalue weighted by Crippen LogP contribution is 2.33. The molecule has 0 bridgehead atoms. The van der Waals surface area contributed by atoms with Crippen LogP contribution in [0, 0.1) is 6.92 Å². The first-order valence-corrected chi connectivity index (χ1v) is 13.4. The third-order valence-corrected chi connectivity index (χ3v) is 7.67. The Morgan fingerprint density at radius 1 is 1.10 bits per heavy atom. The largest absolute Gasteiger partial charge is 0.354 e. The van der Waals surface area contributed by atoms with E-state index in [0.29, 0.717) is 5.52 Å². The number of nitrogens with zero attached hydrogens (tertiary/aromatic N) is 1. The van der Waals surface area contributed by atoms with Crippen molar-refractivity contribution < 1.29 is 21.6 Å². The molecule has 1 atom stereocenters. The van der Waals surface area contributed by atoms with Crippen molar-refractivity contribution in [2.24, 2.45) is 5.14 Å². The summed E-state index contributed by atoms with van der Waals surface area (Å²) in [5.41, 5.74) is 3.69. The predicted molar refractivity (Wildman–Crippen MR) is 118 cm³/mol. The maximum Gasteiger partial charge on any atom is 0.245 e. The van der Waals surface area contributed by atoms with E-state index in [1.165, 1.54) is 0 Å². The van der Waals surface area contributed by atoms with Crippen LogP contribution in [0.2, 0.25) is 0 Å². The van der Waals surface area contributed by atoms with Crippen molar-refractivity contribution in [1.29, 1.82) is 0 Å². The van der Waals surface area contributed by atoms with Gasteiger partial charge in [0.15, 0.2) is 15.1 Å². The van der Waals surface area contributed by atoms with Crippen LogP contribution in [0.15, 0.2) is 42.5 Å². The number of primary sulfonamides is 1. The summed E-state index contributed by atoms with van der Waals surface area (Å²) in [4.78, 5) is 16.9. The summed E-state index contributed by atoms with van der Waals surface area (Å²) in [5, 5.41) is 5.83. The first kappa shape index (κ1) is 22.3. The number of carbonyl (C=O) groups is 1. The molecular formula is C19H21N3O5S3. The number of nitrogens with one attached hydrogen (secondary N) is 1. The highest BCUT2D eigenvalue weighted by Gasteiger charge is 2.33. The first-order valence-electron chi connectivity index (χ1n) is 8.88. The van der Waals surface area contributed by atoms with Gasteiger partial charge in [0.1, 0.15) is 5.01 Å². The van der Waals surface area contributed by atoms with E-state index in [-0.39, 0.29) is 11.6 Å². The maximum absolute atomic E-state index is 12.5. The van der Waals surface area contributed by atoms with E-state index in [1.54, 1.807) is 6.07 Å². The Hall–Kier alpha value is -2.34. The van der Waals surface area contributed by atoms with Crippen LogP contribution in [-0.4, -0.2) is 46.3 Å². The fourth-order valence-electron chi connectivity index (χ4n) is 2.88. The SMILES string of the molecule is Cc1ccc(-c2ccc3nc(C(C(=O)NCCS(N)(=O)=O)S(C)(=O)=O)sc3c2)cc1. The van der Waals surface area contributed by atoms with Crippen molar-refractivity contribution in [2.45, 2.75) is 12.2 Å². The Kier molecular flexibility index (Phi) is 6.27. The number of amides is 1. The van der Waals surface area contributed by atoms with Crippen LogP contribution >= 0.6 is 11.3 Å². The number of aryl methyl sites for hydroxylation is 1. The van der Waals surface area contributed by atoms with Gasteiger partial charge in [-0.25, -0.2) is 27.0 Å². The lowest BCUT2D eigenvalue weighted by atomic mass is 10.0. The summed E-state index contributed by atoms with van der Waals surface area (Å²) in [6.07, 6.45) is 0.945. The van der Waals surface area contributed by atoms with Crippen LogP contribution in [0.25, 0.3) is 21.3 Å². The summed E-state index contributed by atoms with van der Waals surface area (Å²) in [5.74, 6) is -1.33. The third kappa shape index (κ3) is 5.42. The van der Waals surface area contributed by atoms with Crippen molar-refractivity contribution in [3.05, 3.63) is 53.0 Å². The normalized spacial score (nSPS) is 13.3. The number of hydrogen-bond acceptors (Lipinski definition) is 7. The van der Waals surface area contributed by atoms with Crippen molar-refractivity contribution in [3.8, 4) is 11.1 Å². The molecule has 1 aromatic heterocycles. The van der Waals surface area contributed by atoms with Gasteiger partial charge in [0.25, 0.3) is 0 Å². The lowest BCUT2D eigenvalue weighted by Crippen LogP contribution is -2.37. The molecule has 0 saturated carbocycles. The number of aromatic nitrogens is 1. The van der Waals surface area contributed by atoms with Crippen molar-refractivity contribution in [3.63, 3.8) is 0 Å². The molecule has 0 aliphatic carbocycles. The molecule has 0 fully saturated rings. The average molecular weight is 468 g/mol. The molecule has 0 aliphatic rings. The van der Waals surface area contributed by atoms with Gasteiger partial charge in [-0.3, -0.25) is 4.79 Å². The molecule has 8 nitrogen and oxygen atoms in total. The number of fused-ring (bicyclic) bond motifs is 1. The smallest absolute Gasteiger partial charge is 0.245 e. The molecule has 2 aromatic carbocycles. The summed E-state index contributed by atoms with van der Waals surface area (Å²) < 4.78 is 47.4. The molecular weight excluding hydrogens is 446 g/mol. The van der Waals surface area contributed by atoms with Crippen LogP contribution < -0.4 is 10.5 Å². The molecule has 3 rings (SSSR count). The van der Waals surface area contributed by atoms with Gasteiger partial charge < -0.3 is 5.32 Å². The fourth-order valence-corrected chi connectivity index (χ4v) is 5.81. The Morgan fingerprint density at radius 3 is 2.33 bits per heavy atom. The molecule has 3 N–H and O–H groups in total. The average Bonchev–Trinajstić information content (AvgIpc) is 3.02. The van der Waals surface area contributed by atoms with Gasteiger partial charge in [-0.1, -0.05) is 35.9 Å². The number of sulfonamides is 1. The number of carbonyl (C=O) groups excluding carboxylic acids is 1. The summed E-state index contributed by atoms with van der Waals surface area (Å²) in [6.45, 7) is 1.72. The highest BCUT2D eigenvalue weighted by atomic mass is 32.2. The number of sulfone groups is 1.